The van der Waals surface area contributed by atoms with E-state index in [1.54, 1.807) is 6.21 Å². The van der Waals surface area contributed by atoms with Crippen LogP contribution in [0.4, 0.5) is 5.69 Å². The first-order valence-electron chi connectivity index (χ1n) is 5.78. The molecule has 1 aromatic carbocycles. The highest BCUT2D eigenvalue weighted by Gasteiger charge is 2.27. The first-order valence-corrected chi connectivity index (χ1v) is 5.78. The Bertz CT molecular complexity index is 655. The summed E-state index contributed by atoms with van der Waals surface area (Å²) in [6.45, 7) is 0.489. The largest absolute Gasteiger partial charge is 0.381 e. The van der Waals surface area contributed by atoms with Crippen LogP contribution < -0.4 is 11.1 Å². The summed E-state index contributed by atoms with van der Waals surface area (Å²) in [6, 6.07) is 9.71. The molecule has 19 heavy (non-hydrogen) atoms. The number of fused-ring (bicyclic) bond motifs is 1. The molecule has 0 saturated heterocycles. The molecule has 1 aromatic rings. The molecule has 6 nitrogen and oxygen atoms in total. The molecule has 0 bridgehead atoms. The van der Waals surface area contributed by atoms with Gasteiger partial charge in [0.15, 0.2) is 5.84 Å². The van der Waals surface area contributed by atoms with Gasteiger partial charge in [-0.05, 0) is 12.1 Å². The number of guanidine groups is 1. The van der Waals surface area contributed by atoms with Crippen LogP contribution in [0.3, 0.4) is 0 Å². The minimum atomic E-state index is -0.384. The summed E-state index contributed by atoms with van der Waals surface area (Å²) in [4.78, 5) is 23.4. The molecule has 0 unspecified atom stereocenters. The highest BCUT2D eigenvalue weighted by Crippen LogP contribution is 2.19. The van der Waals surface area contributed by atoms with E-state index in [-0.39, 0.29) is 11.9 Å². The standard InChI is InChI=1S/C13H11N5O/c14-13-17-11-10(12(19)18-13)8(7-16-11)6-15-9-4-2-1-3-5-9/h1-5,7,15H,6H2,(H2,14,18,19). The topological polar surface area (TPSA) is 92.2 Å². The highest BCUT2D eigenvalue weighted by molar-refractivity contribution is 6.34. The number of rotatable bonds is 3. The van der Waals surface area contributed by atoms with E-state index in [4.69, 9.17) is 5.73 Å². The predicted molar refractivity (Wildman–Crippen MR) is 74.5 cm³/mol. The molecule has 2 heterocycles. The van der Waals surface area contributed by atoms with E-state index < -0.39 is 0 Å². The van der Waals surface area contributed by atoms with Gasteiger partial charge in [0.25, 0.3) is 5.91 Å². The Morgan fingerprint density at radius 2 is 1.95 bits per heavy atom. The smallest absolute Gasteiger partial charge is 0.284 e. The van der Waals surface area contributed by atoms with Gasteiger partial charge in [-0.25, -0.2) is 4.99 Å². The molecule has 0 aliphatic carbocycles. The van der Waals surface area contributed by atoms with Crippen LogP contribution in [0.1, 0.15) is 0 Å². The van der Waals surface area contributed by atoms with Crippen molar-refractivity contribution in [2.75, 3.05) is 11.9 Å². The third-order valence-corrected chi connectivity index (χ3v) is 2.79. The van der Waals surface area contributed by atoms with E-state index in [1.165, 1.54) is 0 Å². The molecule has 3 N–H and O–H groups in total. The molecule has 2 aliphatic rings. The number of nitrogens with one attached hydrogen (secondary N) is 1. The number of anilines is 1. The van der Waals surface area contributed by atoms with Gasteiger partial charge in [-0.2, -0.15) is 9.98 Å². The van der Waals surface area contributed by atoms with Crippen molar-refractivity contribution >= 4 is 29.6 Å². The number of para-hydroxylation sites is 1. The Labute approximate surface area is 109 Å². The Morgan fingerprint density at radius 3 is 2.74 bits per heavy atom. The molecule has 0 aromatic heterocycles. The number of benzene rings is 1. The zero-order chi connectivity index (χ0) is 13.2. The monoisotopic (exact) mass is 253 g/mol. The second-order valence-electron chi connectivity index (χ2n) is 4.09. The van der Waals surface area contributed by atoms with E-state index in [0.717, 1.165) is 11.3 Å². The van der Waals surface area contributed by atoms with Gasteiger partial charge in [-0.15, -0.1) is 0 Å². The quantitative estimate of drug-likeness (QED) is 0.831. The van der Waals surface area contributed by atoms with Crippen molar-refractivity contribution in [1.82, 2.24) is 0 Å². The van der Waals surface area contributed by atoms with Crippen molar-refractivity contribution in [3.05, 3.63) is 41.5 Å². The lowest BCUT2D eigenvalue weighted by molar-refractivity contribution is -0.113. The molecular formula is C13H11N5O. The summed E-state index contributed by atoms with van der Waals surface area (Å²) in [7, 11) is 0. The summed E-state index contributed by atoms with van der Waals surface area (Å²) in [5, 5.41) is 3.22. The number of carbonyl (C=O) groups excluding carboxylic acids is 1. The molecular weight excluding hydrogens is 242 g/mol. The summed E-state index contributed by atoms with van der Waals surface area (Å²) < 4.78 is 0. The molecule has 3 rings (SSSR count). The number of aliphatic imine (C=N–C) groups is 3. The SMILES string of the molecule is NC1=NC(=O)C2=C(CNc3ccccc3)C=NC2=N1. The fraction of sp³-hybridized carbons (Fsp3) is 0.0769. The second kappa shape index (κ2) is 4.49. The number of amidine groups is 1. The maximum absolute atomic E-state index is 11.8. The Balaban J connectivity index is 1.81. The number of hydrogen-bond donors (Lipinski definition) is 2. The van der Waals surface area contributed by atoms with Crippen LogP contribution in [0, 0.1) is 0 Å². The third-order valence-electron chi connectivity index (χ3n) is 2.79. The lowest BCUT2D eigenvalue weighted by atomic mass is 10.1. The summed E-state index contributed by atoms with van der Waals surface area (Å²) in [6.07, 6.45) is 1.62. The molecule has 6 heteroatoms. The number of nitrogens with two attached hydrogens (primary N) is 1. The van der Waals surface area contributed by atoms with E-state index >= 15 is 0 Å². The number of nitrogens with zero attached hydrogens (tertiary/aromatic N) is 3. The zero-order valence-electron chi connectivity index (χ0n) is 10.00. The molecule has 94 valence electrons. The van der Waals surface area contributed by atoms with Gasteiger partial charge in [0.1, 0.15) is 0 Å². The summed E-state index contributed by atoms with van der Waals surface area (Å²) in [5.74, 6) is -0.0783. The Kier molecular flexibility index (Phi) is 2.68. The maximum Gasteiger partial charge on any atom is 0.284 e. The van der Waals surface area contributed by atoms with Gasteiger partial charge in [0.2, 0.25) is 5.96 Å². The average molecular weight is 253 g/mol. The zero-order valence-corrected chi connectivity index (χ0v) is 10.00. The molecule has 1 amide bonds. The second-order valence-corrected chi connectivity index (χ2v) is 4.09. The summed E-state index contributed by atoms with van der Waals surface area (Å²) >= 11 is 0. The van der Waals surface area contributed by atoms with Crippen LogP contribution in [0.25, 0.3) is 0 Å². The normalized spacial score (nSPS) is 17.2. The predicted octanol–water partition coefficient (Wildman–Crippen LogP) is 0.733. The van der Waals surface area contributed by atoms with Crippen molar-refractivity contribution in [2.45, 2.75) is 0 Å². The van der Waals surface area contributed by atoms with Crippen LogP contribution in [-0.4, -0.2) is 30.5 Å². The third kappa shape index (κ3) is 2.15. The van der Waals surface area contributed by atoms with Crippen LogP contribution in [0.2, 0.25) is 0 Å². The number of hydrogen-bond acceptors (Lipinski definition) is 5. The van der Waals surface area contributed by atoms with Crippen LogP contribution in [-0.2, 0) is 4.79 Å². The number of carbonyl (C=O) groups is 1. The van der Waals surface area contributed by atoms with Gasteiger partial charge in [0, 0.05) is 24.0 Å². The lowest BCUT2D eigenvalue weighted by Gasteiger charge is -2.09. The van der Waals surface area contributed by atoms with Crippen molar-refractivity contribution in [1.29, 1.82) is 0 Å². The van der Waals surface area contributed by atoms with Gasteiger partial charge in [-0.3, -0.25) is 4.79 Å². The molecule has 0 spiro atoms. The van der Waals surface area contributed by atoms with Gasteiger partial charge < -0.3 is 11.1 Å². The van der Waals surface area contributed by atoms with E-state index in [2.05, 4.69) is 20.3 Å². The van der Waals surface area contributed by atoms with Crippen LogP contribution in [0.5, 0.6) is 0 Å². The fourth-order valence-electron chi connectivity index (χ4n) is 1.91. The first-order chi connectivity index (χ1) is 9.24. The van der Waals surface area contributed by atoms with Crippen molar-refractivity contribution < 1.29 is 4.79 Å². The lowest BCUT2D eigenvalue weighted by Crippen LogP contribution is -2.23. The van der Waals surface area contributed by atoms with Crippen molar-refractivity contribution in [2.24, 2.45) is 20.7 Å². The first kappa shape index (κ1) is 11.3. The van der Waals surface area contributed by atoms with Crippen molar-refractivity contribution in [3.8, 4) is 0 Å². The Hall–Kier alpha value is -2.76. The molecule has 0 saturated carbocycles. The maximum atomic E-state index is 11.8. The molecule has 0 fully saturated rings. The Morgan fingerprint density at radius 1 is 1.16 bits per heavy atom. The van der Waals surface area contributed by atoms with Gasteiger partial charge in [0.05, 0.1) is 5.57 Å². The van der Waals surface area contributed by atoms with Gasteiger partial charge >= 0.3 is 0 Å². The van der Waals surface area contributed by atoms with E-state index in [1.807, 2.05) is 30.3 Å². The van der Waals surface area contributed by atoms with E-state index in [0.29, 0.717) is 18.0 Å². The van der Waals surface area contributed by atoms with Crippen molar-refractivity contribution in [3.63, 3.8) is 0 Å². The molecule has 0 radical (unpaired) electrons. The minimum absolute atomic E-state index is 0.0434. The average Bonchev–Trinajstić information content (AvgIpc) is 2.81. The minimum Gasteiger partial charge on any atom is -0.381 e. The molecule has 2 aliphatic heterocycles. The molecule has 0 atom stereocenters. The van der Waals surface area contributed by atoms with Gasteiger partial charge in [-0.1, -0.05) is 18.2 Å². The fourth-order valence-corrected chi connectivity index (χ4v) is 1.91. The van der Waals surface area contributed by atoms with Crippen LogP contribution in [0.15, 0.2) is 56.5 Å². The summed E-state index contributed by atoms with van der Waals surface area (Å²) in [5.41, 5.74) is 7.59. The van der Waals surface area contributed by atoms with E-state index in [9.17, 15) is 4.79 Å². The number of amides is 1. The highest BCUT2D eigenvalue weighted by atomic mass is 16.1. The van der Waals surface area contributed by atoms with Crippen LogP contribution >= 0.6 is 0 Å².